The Morgan fingerprint density at radius 3 is 2.31 bits per heavy atom. The lowest BCUT2D eigenvalue weighted by molar-refractivity contribution is -0.137. The van der Waals surface area contributed by atoms with Gasteiger partial charge in [-0.15, -0.1) is 0 Å². The molecule has 172 valence electrons. The Morgan fingerprint density at radius 2 is 1.66 bits per heavy atom. The van der Waals surface area contributed by atoms with Crippen molar-refractivity contribution >= 4 is 23.2 Å². The first-order chi connectivity index (χ1) is 15.2. The van der Waals surface area contributed by atoms with Gasteiger partial charge in [0.25, 0.3) is 0 Å². The van der Waals surface area contributed by atoms with Crippen LogP contribution in [0, 0.1) is 5.82 Å². The molecule has 2 N–H and O–H groups in total. The third-order valence-corrected chi connectivity index (χ3v) is 4.93. The molecule has 10 heteroatoms. The van der Waals surface area contributed by atoms with Crippen LogP contribution in [0.15, 0.2) is 42.5 Å². The standard InChI is InChI=1S/C22H23F4N3O3/c23-18-6-5-17(14-19(18)28-20(30)7-8-29-9-11-32-12-10-29)27-21(31)13-15-1-3-16(4-2-15)22(24,25)26/h1-6,14H,7-13H2,(H,27,31)(H,28,30). The second kappa shape index (κ2) is 10.6. The number of nitrogens with zero attached hydrogens (tertiary/aromatic N) is 1. The zero-order valence-corrected chi connectivity index (χ0v) is 17.2. The average molecular weight is 453 g/mol. The molecule has 1 aliphatic rings. The SMILES string of the molecule is O=C(Cc1ccc(C(F)(F)F)cc1)Nc1ccc(F)c(NC(=O)CCN2CCOCC2)c1. The highest BCUT2D eigenvalue weighted by molar-refractivity contribution is 5.95. The van der Waals surface area contributed by atoms with E-state index in [2.05, 4.69) is 15.5 Å². The molecule has 32 heavy (non-hydrogen) atoms. The van der Waals surface area contributed by atoms with Gasteiger partial charge in [-0.1, -0.05) is 12.1 Å². The number of benzene rings is 2. The summed E-state index contributed by atoms with van der Waals surface area (Å²) in [5.41, 5.74) is -0.209. The van der Waals surface area contributed by atoms with Crippen molar-refractivity contribution in [3.63, 3.8) is 0 Å². The zero-order valence-electron chi connectivity index (χ0n) is 17.2. The fourth-order valence-corrected chi connectivity index (χ4v) is 3.20. The van der Waals surface area contributed by atoms with Gasteiger partial charge < -0.3 is 15.4 Å². The number of anilines is 2. The highest BCUT2D eigenvalue weighted by atomic mass is 19.4. The highest BCUT2D eigenvalue weighted by Crippen LogP contribution is 2.29. The number of ether oxygens (including phenoxy) is 1. The number of carbonyl (C=O) groups excluding carboxylic acids is 2. The van der Waals surface area contributed by atoms with Crippen molar-refractivity contribution in [2.75, 3.05) is 43.5 Å². The van der Waals surface area contributed by atoms with Gasteiger partial charge in [0.05, 0.1) is 30.9 Å². The summed E-state index contributed by atoms with van der Waals surface area (Å²) in [6, 6.07) is 8.03. The van der Waals surface area contributed by atoms with Crippen LogP contribution in [0.25, 0.3) is 0 Å². The van der Waals surface area contributed by atoms with E-state index in [4.69, 9.17) is 4.74 Å². The van der Waals surface area contributed by atoms with Gasteiger partial charge in [0.15, 0.2) is 0 Å². The lowest BCUT2D eigenvalue weighted by Crippen LogP contribution is -2.38. The molecule has 0 aromatic heterocycles. The second-order valence-electron chi connectivity index (χ2n) is 7.37. The molecule has 0 aliphatic carbocycles. The summed E-state index contributed by atoms with van der Waals surface area (Å²) >= 11 is 0. The Balaban J connectivity index is 1.54. The molecule has 1 fully saturated rings. The molecule has 0 saturated carbocycles. The number of halogens is 4. The Labute approximate surface area is 182 Å². The van der Waals surface area contributed by atoms with Crippen LogP contribution in [0.1, 0.15) is 17.5 Å². The number of hydrogen-bond acceptors (Lipinski definition) is 4. The van der Waals surface area contributed by atoms with Crippen LogP contribution >= 0.6 is 0 Å². The van der Waals surface area contributed by atoms with Crippen molar-refractivity contribution in [3.05, 3.63) is 59.4 Å². The van der Waals surface area contributed by atoms with Crippen LogP contribution in [-0.2, 0) is 26.9 Å². The van der Waals surface area contributed by atoms with E-state index in [0.29, 0.717) is 25.3 Å². The van der Waals surface area contributed by atoms with E-state index in [1.807, 2.05) is 0 Å². The number of hydrogen-bond donors (Lipinski definition) is 2. The van der Waals surface area contributed by atoms with Gasteiger partial charge in [-0.2, -0.15) is 13.2 Å². The summed E-state index contributed by atoms with van der Waals surface area (Å²) in [5.74, 6) is -1.49. The minimum atomic E-state index is -4.45. The number of alkyl halides is 3. The monoisotopic (exact) mass is 453 g/mol. The van der Waals surface area contributed by atoms with Crippen molar-refractivity contribution in [2.45, 2.75) is 19.0 Å². The minimum absolute atomic E-state index is 0.0655. The summed E-state index contributed by atoms with van der Waals surface area (Å²) in [5, 5.41) is 5.06. The van der Waals surface area contributed by atoms with Crippen LogP contribution in [0.3, 0.4) is 0 Å². The summed E-state index contributed by atoms with van der Waals surface area (Å²) in [6.45, 7) is 3.24. The third-order valence-electron chi connectivity index (χ3n) is 4.93. The second-order valence-corrected chi connectivity index (χ2v) is 7.37. The number of carbonyl (C=O) groups is 2. The summed E-state index contributed by atoms with van der Waals surface area (Å²) in [7, 11) is 0. The fourth-order valence-electron chi connectivity index (χ4n) is 3.20. The smallest absolute Gasteiger partial charge is 0.379 e. The van der Waals surface area contributed by atoms with Gasteiger partial charge >= 0.3 is 6.18 Å². The summed E-state index contributed by atoms with van der Waals surface area (Å²) in [6.07, 6.45) is -4.42. The van der Waals surface area contributed by atoms with E-state index >= 15 is 0 Å². The molecule has 3 rings (SSSR count). The molecule has 1 aliphatic heterocycles. The molecule has 0 atom stereocenters. The quantitative estimate of drug-likeness (QED) is 0.628. The van der Waals surface area contributed by atoms with Crippen molar-refractivity contribution < 1.29 is 31.9 Å². The molecular weight excluding hydrogens is 430 g/mol. The topological polar surface area (TPSA) is 70.7 Å². The maximum absolute atomic E-state index is 14.1. The maximum atomic E-state index is 14.1. The molecular formula is C22H23F4N3O3. The Morgan fingerprint density at radius 1 is 0.969 bits per heavy atom. The highest BCUT2D eigenvalue weighted by Gasteiger charge is 2.30. The van der Waals surface area contributed by atoms with Crippen LogP contribution in [-0.4, -0.2) is 49.6 Å². The lowest BCUT2D eigenvalue weighted by Gasteiger charge is -2.26. The van der Waals surface area contributed by atoms with Crippen molar-refractivity contribution in [2.24, 2.45) is 0 Å². The third kappa shape index (κ3) is 7.03. The fraction of sp³-hybridized carbons (Fsp3) is 0.364. The molecule has 2 aromatic rings. The van der Waals surface area contributed by atoms with Crippen molar-refractivity contribution in [1.82, 2.24) is 4.90 Å². The Bertz CT molecular complexity index is 942. The zero-order chi connectivity index (χ0) is 23.1. The summed E-state index contributed by atoms with van der Waals surface area (Å²) in [4.78, 5) is 26.5. The normalized spacial score (nSPS) is 14.8. The number of morpholine rings is 1. The van der Waals surface area contributed by atoms with Crippen LogP contribution < -0.4 is 10.6 Å². The Kier molecular flexibility index (Phi) is 7.81. The molecule has 0 spiro atoms. The molecule has 6 nitrogen and oxygen atoms in total. The molecule has 0 bridgehead atoms. The molecule has 0 radical (unpaired) electrons. The van der Waals surface area contributed by atoms with E-state index in [0.717, 1.165) is 31.3 Å². The van der Waals surface area contributed by atoms with Crippen LogP contribution in [0.4, 0.5) is 28.9 Å². The molecule has 2 amide bonds. The predicted molar refractivity (Wildman–Crippen MR) is 111 cm³/mol. The van der Waals surface area contributed by atoms with Gasteiger partial charge in [0, 0.05) is 31.7 Å². The first kappa shape index (κ1) is 23.7. The first-order valence-electron chi connectivity index (χ1n) is 10.1. The number of rotatable bonds is 7. The molecule has 1 heterocycles. The van der Waals surface area contributed by atoms with E-state index in [1.54, 1.807) is 0 Å². The summed E-state index contributed by atoms with van der Waals surface area (Å²) < 4.78 is 57.2. The lowest BCUT2D eigenvalue weighted by atomic mass is 10.1. The van der Waals surface area contributed by atoms with Gasteiger partial charge in [-0.05, 0) is 35.9 Å². The predicted octanol–water partition coefficient (Wildman–Crippen LogP) is 3.69. The van der Waals surface area contributed by atoms with Crippen molar-refractivity contribution in [3.8, 4) is 0 Å². The maximum Gasteiger partial charge on any atom is 0.416 e. The largest absolute Gasteiger partial charge is 0.416 e. The first-order valence-corrected chi connectivity index (χ1v) is 10.1. The minimum Gasteiger partial charge on any atom is -0.379 e. The van der Waals surface area contributed by atoms with Crippen LogP contribution in [0.2, 0.25) is 0 Å². The van der Waals surface area contributed by atoms with E-state index in [9.17, 15) is 27.2 Å². The van der Waals surface area contributed by atoms with Gasteiger partial charge in [0.1, 0.15) is 5.82 Å². The van der Waals surface area contributed by atoms with Crippen molar-refractivity contribution in [1.29, 1.82) is 0 Å². The molecule has 1 saturated heterocycles. The van der Waals surface area contributed by atoms with E-state index in [-0.39, 0.29) is 30.1 Å². The van der Waals surface area contributed by atoms with Crippen LogP contribution in [0.5, 0.6) is 0 Å². The van der Waals surface area contributed by atoms with E-state index < -0.39 is 23.5 Å². The van der Waals surface area contributed by atoms with Gasteiger partial charge in [-0.3, -0.25) is 14.5 Å². The molecule has 2 aromatic carbocycles. The number of amides is 2. The van der Waals surface area contributed by atoms with E-state index in [1.165, 1.54) is 24.3 Å². The Hall–Kier alpha value is -2.98. The molecule has 0 unspecified atom stereocenters. The number of nitrogens with one attached hydrogen (secondary N) is 2. The van der Waals surface area contributed by atoms with Gasteiger partial charge in [-0.25, -0.2) is 4.39 Å². The average Bonchev–Trinajstić information content (AvgIpc) is 2.75. The van der Waals surface area contributed by atoms with Gasteiger partial charge in [0.2, 0.25) is 11.8 Å².